The van der Waals surface area contributed by atoms with Crippen LogP contribution in [0, 0.1) is 0 Å². The van der Waals surface area contributed by atoms with E-state index < -0.39 is 0 Å². The van der Waals surface area contributed by atoms with E-state index in [1.165, 1.54) is 5.57 Å². The van der Waals surface area contributed by atoms with E-state index in [9.17, 15) is 0 Å². The van der Waals surface area contributed by atoms with Crippen LogP contribution in [0.25, 0.3) is 0 Å². The van der Waals surface area contributed by atoms with E-state index in [0.29, 0.717) is 6.04 Å². The first kappa shape index (κ1) is 13.8. The molecule has 0 saturated heterocycles. The second kappa shape index (κ2) is 6.33. The number of hydrogen-bond donors (Lipinski definition) is 0. The molecule has 0 aliphatic rings. The normalized spacial score (nSPS) is 13.5. The van der Waals surface area contributed by atoms with Crippen molar-refractivity contribution in [2.75, 3.05) is 13.6 Å². The molecule has 0 radical (unpaired) electrons. The van der Waals surface area contributed by atoms with Crippen LogP contribution in [-0.2, 0) is 0 Å². The van der Waals surface area contributed by atoms with Crippen molar-refractivity contribution >= 4 is 13.4 Å². The molecule has 0 saturated carbocycles. The van der Waals surface area contributed by atoms with Crippen LogP contribution in [0.2, 0.25) is 0 Å². The monoisotopic (exact) mass is 208 g/mol. The highest BCUT2D eigenvalue weighted by Crippen LogP contribution is 2.12. The highest BCUT2D eigenvalue weighted by atomic mass is 15.1. The Kier molecular flexibility index (Phi) is 5.83. The molecule has 2 heteroatoms. The molecule has 0 N–H and O–H groups in total. The molecule has 15 heavy (non-hydrogen) atoms. The summed E-state index contributed by atoms with van der Waals surface area (Å²) in [5.41, 5.74) is 2.33. The molecule has 0 aromatic heterocycles. The predicted octanol–water partition coefficient (Wildman–Crippen LogP) is 2.30. The lowest BCUT2D eigenvalue weighted by molar-refractivity contribution is -0.554. The topological polar surface area (TPSA) is 6.02 Å². The molecule has 84 valence electrons. The van der Waals surface area contributed by atoms with Gasteiger partial charge in [0.1, 0.15) is 20.5 Å². The molecule has 0 aliphatic carbocycles. The van der Waals surface area contributed by atoms with E-state index in [2.05, 4.69) is 46.9 Å². The zero-order valence-corrected chi connectivity index (χ0v) is 10.6. The first-order valence-electron chi connectivity index (χ1n) is 5.35. The van der Waals surface area contributed by atoms with Crippen LogP contribution in [0.1, 0.15) is 27.2 Å². The van der Waals surface area contributed by atoms with E-state index in [4.69, 9.17) is 0 Å². The Hall–Kier alpha value is -1.18. The molecule has 0 heterocycles. The molecule has 1 unspecified atom stereocenters. The maximum absolute atomic E-state index is 4.07. The molecular weight excluding hydrogens is 184 g/mol. The molecule has 0 bridgehead atoms. The van der Waals surface area contributed by atoms with Crippen molar-refractivity contribution in [3.05, 3.63) is 23.9 Å². The van der Waals surface area contributed by atoms with Gasteiger partial charge in [0.05, 0.1) is 0 Å². The minimum atomic E-state index is 0.349. The summed E-state index contributed by atoms with van der Waals surface area (Å²) >= 11 is 0. The average molecular weight is 208 g/mol. The largest absolute Gasteiger partial charge is 0.239 e. The summed E-state index contributed by atoms with van der Waals surface area (Å²) in [6, 6.07) is 0.349. The lowest BCUT2D eigenvalue weighted by Crippen LogP contribution is -2.28. The predicted molar refractivity (Wildman–Crippen MR) is 68.2 cm³/mol. The lowest BCUT2D eigenvalue weighted by atomic mass is 10.1. The highest BCUT2D eigenvalue weighted by Gasteiger charge is 2.23. The van der Waals surface area contributed by atoms with Crippen LogP contribution in [0.5, 0.6) is 0 Å². The third-order valence-corrected chi connectivity index (χ3v) is 2.60. The summed E-state index contributed by atoms with van der Waals surface area (Å²) in [6.45, 7) is 19.0. The standard InChI is InChI=1S/C13H24N2/c1-8-11(3)13(9-2)15(7)12(4)10-14(5)6/h8,13H,4-5,7,9-10H2,1-3,6H3/q+2. The Morgan fingerprint density at radius 3 is 2.27 bits per heavy atom. The van der Waals surface area contributed by atoms with Gasteiger partial charge in [-0.3, -0.25) is 0 Å². The number of likely N-dealkylation sites (N-methyl/N-ethyl adjacent to an activating group) is 1. The van der Waals surface area contributed by atoms with Gasteiger partial charge in [-0.2, -0.15) is 4.58 Å². The molecule has 2 nitrogen and oxygen atoms in total. The quantitative estimate of drug-likeness (QED) is 0.359. The number of nitrogens with zero attached hydrogens (tertiary/aromatic N) is 2. The molecule has 0 aromatic rings. The molecule has 0 fully saturated rings. The first-order chi connectivity index (χ1) is 6.93. The Morgan fingerprint density at radius 1 is 1.40 bits per heavy atom. The molecule has 0 amide bonds. The van der Waals surface area contributed by atoms with Crippen LogP contribution in [0.4, 0.5) is 0 Å². The fraction of sp³-hybridized carbons (Fsp3) is 0.538. The Bertz CT molecular complexity index is 298. The summed E-state index contributed by atoms with van der Waals surface area (Å²) in [4.78, 5) is 0. The molecule has 1 atom stereocenters. The number of allylic oxidation sites excluding steroid dienone is 1. The summed E-state index contributed by atoms with van der Waals surface area (Å²) in [5.74, 6) is 0. The van der Waals surface area contributed by atoms with Crippen LogP contribution >= 0.6 is 0 Å². The van der Waals surface area contributed by atoms with Crippen molar-refractivity contribution in [3.8, 4) is 0 Å². The van der Waals surface area contributed by atoms with Crippen molar-refractivity contribution in [1.82, 2.24) is 0 Å². The Morgan fingerprint density at radius 2 is 1.93 bits per heavy atom. The average Bonchev–Trinajstić information content (AvgIpc) is 2.17. The van der Waals surface area contributed by atoms with E-state index in [0.717, 1.165) is 18.7 Å². The van der Waals surface area contributed by atoms with Crippen molar-refractivity contribution in [3.63, 3.8) is 0 Å². The lowest BCUT2D eigenvalue weighted by Gasteiger charge is -2.13. The summed E-state index contributed by atoms with van der Waals surface area (Å²) < 4.78 is 3.86. The fourth-order valence-electron chi connectivity index (χ4n) is 1.60. The van der Waals surface area contributed by atoms with Gasteiger partial charge in [0.2, 0.25) is 12.2 Å². The van der Waals surface area contributed by atoms with Crippen LogP contribution in [-0.4, -0.2) is 42.2 Å². The van der Waals surface area contributed by atoms with Crippen molar-refractivity contribution in [1.29, 1.82) is 0 Å². The van der Waals surface area contributed by atoms with E-state index >= 15 is 0 Å². The third kappa shape index (κ3) is 4.24. The number of rotatable bonds is 6. The molecule has 0 rings (SSSR count). The van der Waals surface area contributed by atoms with Crippen molar-refractivity contribution in [2.45, 2.75) is 33.2 Å². The second-order valence-electron chi connectivity index (χ2n) is 4.01. The maximum atomic E-state index is 4.07. The van der Waals surface area contributed by atoms with Crippen molar-refractivity contribution < 1.29 is 9.15 Å². The van der Waals surface area contributed by atoms with Gasteiger partial charge in [0, 0.05) is 6.42 Å². The summed E-state index contributed by atoms with van der Waals surface area (Å²) in [6.07, 6.45) is 3.17. The minimum Gasteiger partial charge on any atom is -0.235 e. The Labute approximate surface area is 93.9 Å². The second-order valence-corrected chi connectivity index (χ2v) is 4.01. The summed E-state index contributed by atoms with van der Waals surface area (Å²) in [5, 5.41) is 0. The van der Waals surface area contributed by atoms with Gasteiger partial charge in [0.25, 0.3) is 0 Å². The highest BCUT2D eigenvalue weighted by molar-refractivity contribution is 5.20. The third-order valence-electron chi connectivity index (χ3n) is 2.60. The van der Waals surface area contributed by atoms with Gasteiger partial charge in [-0.1, -0.05) is 13.0 Å². The van der Waals surface area contributed by atoms with Gasteiger partial charge in [-0.25, -0.2) is 4.58 Å². The van der Waals surface area contributed by atoms with Gasteiger partial charge in [-0.05, 0) is 26.0 Å². The van der Waals surface area contributed by atoms with Crippen molar-refractivity contribution in [2.24, 2.45) is 0 Å². The zero-order chi connectivity index (χ0) is 12.0. The molecular formula is C13H24N2+2. The summed E-state index contributed by atoms with van der Waals surface area (Å²) in [7, 11) is 1.93. The maximum Gasteiger partial charge on any atom is 0.239 e. The minimum absolute atomic E-state index is 0.349. The number of hydrogen-bond acceptors (Lipinski definition) is 0. The van der Waals surface area contributed by atoms with Crippen LogP contribution in [0.15, 0.2) is 23.9 Å². The van der Waals surface area contributed by atoms with Gasteiger partial charge < -0.3 is 0 Å². The first-order valence-corrected chi connectivity index (χ1v) is 5.35. The van der Waals surface area contributed by atoms with Crippen LogP contribution < -0.4 is 0 Å². The fourth-order valence-corrected chi connectivity index (χ4v) is 1.60. The Balaban J connectivity index is 4.66. The van der Waals surface area contributed by atoms with E-state index in [1.54, 1.807) is 0 Å². The van der Waals surface area contributed by atoms with E-state index in [-0.39, 0.29) is 0 Å². The smallest absolute Gasteiger partial charge is 0.235 e. The molecule has 0 aliphatic heterocycles. The molecule has 0 aromatic carbocycles. The van der Waals surface area contributed by atoms with Gasteiger partial charge in [-0.15, -0.1) is 0 Å². The SMILES string of the molecule is C=C(C[N+](=C)C)[N+](=C)C(CC)C(C)=CC. The zero-order valence-electron chi connectivity index (χ0n) is 10.6. The van der Waals surface area contributed by atoms with E-state index in [1.807, 2.05) is 16.2 Å². The molecule has 0 spiro atoms. The van der Waals surface area contributed by atoms with Gasteiger partial charge in [0.15, 0.2) is 6.04 Å². The van der Waals surface area contributed by atoms with Gasteiger partial charge >= 0.3 is 0 Å². The van der Waals surface area contributed by atoms with Crippen LogP contribution in [0.3, 0.4) is 0 Å².